The number of hydrogen-bond donors (Lipinski definition) is 0. The number of hydrogen-bond acceptors (Lipinski definition) is 3. The molecule has 4 heterocycles. The quantitative estimate of drug-likeness (QED) is 0.317. The second-order valence-electron chi connectivity index (χ2n) is 10.1. The van der Waals surface area contributed by atoms with Gasteiger partial charge < -0.3 is 9.47 Å². The Morgan fingerprint density at radius 3 is 1.08 bits per heavy atom. The van der Waals surface area contributed by atoms with Gasteiger partial charge in [-0.2, -0.15) is 0 Å². The average molecular weight is 486 g/mol. The summed E-state index contributed by atoms with van der Waals surface area (Å²) >= 11 is 0. The van der Waals surface area contributed by atoms with Crippen LogP contribution in [0.1, 0.15) is 89.9 Å². The molecule has 1 aromatic heterocycles. The molecule has 2 aromatic carbocycles. The van der Waals surface area contributed by atoms with Crippen molar-refractivity contribution in [1.82, 2.24) is 4.98 Å². The zero-order valence-electron chi connectivity index (χ0n) is 21.9. The third-order valence-corrected chi connectivity index (χ3v) is 7.13. The minimum atomic E-state index is 0.798. The second kappa shape index (κ2) is 15.3. The van der Waals surface area contributed by atoms with Crippen molar-refractivity contribution in [2.45, 2.75) is 89.9 Å². The van der Waals surface area contributed by atoms with E-state index in [9.17, 15) is 0 Å². The third kappa shape index (κ3) is 9.00. The first-order valence-electron chi connectivity index (χ1n) is 14.3. The van der Waals surface area contributed by atoms with E-state index >= 15 is 0 Å². The fourth-order valence-corrected chi connectivity index (χ4v) is 4.91. The summed E-state index contributed by atoms with van der Waals surface area (Å²) in [7, 11) is 0. The van der Waals surface area contributed by atoms with Crippen molar-refractivity contribution < 1.29 is 9.47 Å². The summed E-state index contributed by atoms with van der Waals surface area (Å²) in [6, 6.07) is 22.9. The lowest BCUT2D eigenvalue weighted by Gasteiger charge is -2.09. The van der Waals surface area contributed by atoms with Gasteiger partial charge in [0, 0.05) is 11.1 Å². The number of nitrogens with zero attached hydrogens (tertiary/aromatic N) is 1. The molecule has 0 amide bonds. The number of benzene rings is 2. The molecule has 6 bridgehead atoms. The molecule has 6 rings (SSSR count). The van der Waals surface area contributed by atoms with E-state index in [1.807, 2.05) is 0 Å². The molecule has 3 heteroatoms. The Balaban J connectivity index is 1.36. The summed E-state index contributed by atoms with van der Waals surface area (Å²) in [5.41, 5.74) is 4.16. The maximum absolute atomic E-state index is 5.98. The van der Waals surface area contributed by atoms with Gasteiger partial charge in [-0.15, -0.1) is 0 Å². The van der Waals surface area contributed by atoms with E-state index in [4.69, 9.17) is 14.5 Å². The molecule has 0 fully saturated rings. The van der Waals surface area contributed by atoms with Gasteiger partial charge in [-0.1, -0.05) is 83.1 Å². The molecule has 0 spiro atoms. The third-order valence-electron chi connectivity index (χ3n) is 7.13. The topological polar surface area (TPSA) is 31.4 Å². The molecule has 3 nitrogen and oxygen atoms in total. The SMILES string of the molecule is c1cc2nc(c1)-c1ccc(cc1)OCCCCCCCCCCCCCCCCOc1ccc-2cc1. The van der Waals surface area contributed by atoms with E-state index in [0.29, 0.717) is 0 Å². The fourth-order valence-electron chi connectivity index (χ4n) is 4.91. The van der Waals surface area contributed by atoms with E-state index in [2.05, 4.69) is 66.7 Å². The van der Waals surface area contributed by atoms with Gasteiger partial charge in [0.25, 0.3) is 0 Å². The highest BCUT2D eigenvalue weighted by Crippen LogP contribution is 2.26. The Morgan fingerprint density at radius 2 is 0.722 bits per heavy atom. The van der Waals surface area contributed by atoms with Crippen molar-refractivity contribution in [2.75, 3.05) is 13.2 Å². The maximum atomic E-state index is 5.98. The molecular weight excluding hydrogens is 442 g/mol. The van der Waals surface area contributed by atoms with Gasteiger partial charge in [0.1, 0.15) is 11.5 Å². The lowest BCUT2D eigenvalue weighted by atomic mass is 10.0. The Hall–Kier alpha value is -2.81. The standard InChI is InChI=1S/C33H43NO2/c1-2-4-6-8-10-12-14-27-36-31-24-20-29(21-25-31)33-17-15-16-32(34-33)28-18-22-30(23-19-28)35-26-13-11-9-7-5-3-1/h15-25H,1-14,26-27H2. The van der Waals surface area contributed by atoms with E-state index in [-0.39, 0.29) is 0 Å². The van der Waals surface area contributed by atoms with Gasteiger partial charge in [-0.25, -0.2) is 4.98 Å². The molecule has 0 N–H and O–H groups in total. The summed E-state index contributed by atoms with van der Waals surface area (Å²) in [4.78, 5) is 4.92. The molecule has 0 atom stereocenters. The smallest absolute Gasteiger partial charge is 0.119 e. The summed E-state index contributed by atoms with van der Waals surface area (Å²) < 4.78 is 12.0. The molecule has 3 aromatic rings. The monoisotopic (exact) mass is 485 g/mol. The Bertz CT molecular complexity index is 918. The molecule has 3 aliphatic heterocycles. The van der Waals surface area contributed by atoms with Crippen LogP contribution in [0.15, 0.2) is 66.7 Å². The van der Waals surface area contributed by atoms with Crippen LogP contribution >= 0.6 is 0 Å². The Labute approximate surface area is 218 Å². The maximum Gasteiger partial charge on any atom is 0.119 e. The molecule has 0 radical (unpaired) electrons. The van der Waals surface area contributed by atoms with Gasteiger partial charge in [0.15, 0.2) is 0 Å². The number of pyridine rings is 1. The van der Waals surface area contributed by atoms with Gasteiger partial charge in [-0.3, -0.25) is 0 Å². The average Bonchev–Trinajstić information content (AvgIpc) is 2.93. The summed E-state index contributed by atoms with van der Waals surface area (Å²) in [5, 5.41) is 0. The van der Waals surface area contributed by atoms with Crippen LogP contribution in [-0.4, -0.2) is 18.2 Å². The van der Waals surface area contributed by atoms with E-state index in [1.54, 1.807) is 0 Å². The molecule has 192 valence electrons. The highest BCUT2D eigenvalue weighted by Gasteiger charge is 2.05. The zero-order valence-corrected chi connectivity index (χ0v) is 21.9. The van der Waals surface area contributed by atoms with Crippen LogP contribution in [0.2, 0.25) is 0 Å². The van der Waals surface area contributed by atoms with Crippen molar-refractivity contribution in [2.24, 2.45) is 0 Å². The van der Waals surface area contributed by atoms with E-state index in [1.165, 1.54) is 77.0 Å². The van der Waals surface area contributed by atoms with Crippen LogP contribution in [-0.2, 0) is 0 Å². The fraction of sp³-hybridized carbons (Fsp3) is 0.485. The van der Waals surface area contributed by atoms with Crippen LogP contribution in [0.25, 0.3) is 22.5 Å². The Kier molecular flexibility index (Phi) is 11.2. The van der Waals surface area contributed by atoms with E-state index in [0.717, 1.165) is 60.1 Å². The molecule has 36 heavy (non-hydrogen) atoms. The molecule has 0 saturated heterocycles. The highest BCUT2D eigenvalue weighted by atomic mass is 16.5. The highest BCUT2D eigenvalue weighted by molar-refractivity contribution is 5.66. The van der Waals surface area contributed by atoms with Crippen molar-refractivity contribution in [1.29, 1.82) is 0 Å². The van der Waals surface area contributed by atoms with Crippen LogP contribution in [0, 0.1) is 0 Å². The van der Waals surface area contributed by atoms with Gasteiger partial charge in [-0.05, 0) is 73.5 Å². The van der Waals surface area contributed by atoms with Crippen molar-refractivity contribution in [3.8, 4) is 34.0 Å². The number of rotatable bonds is 0. The first-order valence-corrected chi connectivity index (χ1v) is 14.3. The normalized spacial score (nSPS) is 17.2. The number of aromatic nitrogens is 1. The predicted octanol–water partition coefficient (Wildman–Crippen LogP) is 9.65. The van der Waals surface area contributed by atoms with Crippen LogP contribution in [0.3, 0.4) is 0 Å². The van der Waals surface area contributed by atoms with E-state index < -0.39 is 0 Å². The summed E-state index contributed by atoms with van der Waals surface area (Å²) in [6.07, 6.45) is 18.6. The van der Waals surface area contributed by atoms with Crippen molar-refractivity contribution in [3.05, 3.63) is 66.7 Å². The van der Waals surface area contributed by atoms with Crippen molar-refractivity contribution >= 4 is 0 Å². The van der Waals surface area contributed by atoms with Gasteiger partial charge >= 0.3 is 0 Å². The minimum absolute atomic E-state index is 0.798. The number of ether oxygens (including phenoxy) is 2. The lowest BCUT2D eigenvalue weighted by molar-refractivity contribution is 0.304. The zero-order chi connectivity index (χ0) is 24.7. The Morgan fingerprint density at radius 1 is 0.389 bits per heavy atom. The first kappa shape index (κ1) is 26.3. The van der Waals surface area contributed by atoms with Gasteiger partial charge in [0.2, 0.25) is 0 Å². The molecule has 3 aliphatic rings. The van der Waals surface area contributed by atoms with Crippen LogP contribution < -0.4 is 9.47 Å². The summed E-state index contributed by atoms with van der Waals surface area (Å²) in [6.45, 7) is 1.60. The first-order chi connectivity index (χ1) is 17.9. The molecule has 0 aliphatic carbocycles. The van der Waals surface area contributed by atoms with Crippen molar-refractivity contribution in [3.63, 3.8) is 0 Å². The lowest BCUT2D eigenvalue weighted by Crippen LogP contribution is -1.97. The minimum Gasteiger partial charge on any atom is -0.494 e. The predicted molar refractivity (Wildman–Crippen MR) is 151 cm³/mol. The largest absolute Gasteiger partial charge is 0.494 e. The van der Waals surface area contributed by atoms with Crippen LogP contribution in [0.4, 0.5) is 0 Å². The molecular formula is C33H43NO2. The second-order valence-corrected chi connectivity index (χ2v) is 10.1. The van der Waals surface area contributed by atoms with Crippen LogP contribution in [0.5, 0.6) is 11.5 Å². The van der Waals surface area contributed by atoms with Gasteiger partial charge in [0.05, 0.1) is 24.6 Å². The molecule has 0 saturated carbocycles. The number of fused-ring (bicyclic) bond motifs is 2. The molecule has 0 unspecified atom stereocenters. The summed E-state index contributed by atoms with van der Waals surface area (Å²) in [5.74, 6) is 1.88.